The van der Waals surface area contributed by atoms with Crippen molar-refractivity contribution in [3.05, 3.63) is 58.7 Å². The highest BCUT2D eigenvalue weighted by Crippen LogP contribution is 2.07. The summed E-state index contributed by atoms with van der Waals surface area (Å²) in [5.41, 5.74) is 4.93. The summed E-state index contributed by atoms with van der Waals surface area (Å²) >= 11 is 0. The Kier molecular flexibility index (Phi) is 14.4. The van der Waals surface area contributed by atoms with Crippen LogP contribution in [0.3, 0.4) is 0 Å². The van der Waals surface area contributed by atoms with E-state index in [-0.39, 0.29) is 13.2 Å². The lowest BCUT2D eigenvalue weighted by molar-refractivity contribution is -0.139. The predicted octanol–water partition coefficient (Wildman–Crippen LogP) is 6.01. The Hall–Kier alpha value is -2.36. The highest BCUT2D eigenvalue weighted by molar-refractivity contribution is 5.91. The van der Waals surface area contributed by atoms with Gasteiger partial charge in [-0.25, -0.2) is 9.59 Å². The molecule has 0 aromatic carbocycles. The smallest absolute Gasteiger partial charge is 0.331 e. The van der Waals surface area contributed by atoms with Crippen LogP contribution in [0.5, 0.6) is 0 Å². The lowest BCUT2D eigenvalue weighted by Crippen LogP contribution is -2.05. The van der Waals surface area contributed by atoms with E-state index >= 15 is 0 Å². The van der Waals surface area contributed by atoms with Crippen molar-refractivity contribution in [2.75, 3.05) is 13.2 Å². The van der Waals surface area contributed by atoms with Gasteiger partial charge in [-0.1, -0.05) is 34.4 Å². The van der Waals surface area contributed by atoms with E-state index in [4.69, 9.17) is 9.47 Å². The first-order valence-electron chi connectivity index (χ1n) is 9.80. The molecule has 0 aliphatic heterocycles. The SMILES string of the molecule is CC(C)=CCC/C(C)=C/COC(=O)/C=C\C(=O)OC/C=C(\C)CCC=C(C)C. The van der Waals surface area contributed by atoms with Gasteiger partial charge >= 0.3 is 11.9 Å². The molecular weight excluding hydrogens is 352 g/mol. The highest BCUT2D eigenvalue weighted by atomic mass is 16.5. The molecule has 0 rings (SSSR count). The van der Waals surface area contributed by atoms with Crippen molar-refractivity contribution < 1.29 is 19.1 Å². The van der Waals surface area contributed by atoms with Crippen molar-refractivity contribution in [2.24, 2.45) is 0 Å². The molecule has 0 spiro atoms. The van der Waals surface area contributed by atoms with Gasteiger partial charge in [0.2, 0.25) is 0 Å². The van der Waals surface area contributed by atoms with Crippen LogP contribution >= 0.6 is 0 Å². The minimum absolute atomic E-state index is 0.201. The molecule has 4 heteroatoms. The van der Waals surface area contributed by atoms with Gasteiger partial charge in [-0.05, 0) is 79.4 Å². The van der Waals surface area contributed by atoms with Gasteiger partial charge in [0.05, 0.1) is 0 Å². The fourth-order valence-corrected chi connectivity index (χ4v) is 2.15. The Morgan fingerprint density at radius 2 is 0.964 bits per heavy atom. The Balaban J connectivity index is 4.08. The molecule has 0 heterocycles. The van der Waals surface area contributed by atoms with Crippen LogP contribution in [-0.4, -0.2) is 25.2 Å². The van der Waals surface area contributed by atoms with Gasteiger partial charge in [0.1, 0.15) is 13.2 Å². The standard InChI is InChI=1S/C24H36O4/c1-19(2)9-7-11-21(5)15-17-27-23(25)13-14-24(26)28-18-16-22(6)12-8-10-20(3)4/h9-10,13-16H,7-8,11-12,17-18H2,1-6H3/b14-13-,21-15+,22-16+. The molecule has 0 amide bonds. The van der Waals surface area contributed by atoms with Crippen LogP contribution in [0.1, 0.15) is 67.2 Å². The summed E-state index contributed by atoms with van der Waals surface area (Å²) in [5, 5.41) is 0. The normalized spacial score (nSPS) is 11.9. The minimum Gasteiger partial charge on any atom is -0.458 e. The minimum atomic E-state index is -0.557. The Morgan fingerprint density at radius 1 is 0.607 bits per heavy atom. The maximum atomic E-state index is 11.6. The van der Waals surface area contributed by atoms with Gasteiger partial charge < -0.3 is 9.47 Å². The average molecular weight is 389 g/mol. The van der Waals surface area contributed by atoms with Crippen LogP contribution in [0.25, 0.3) is 0 Å². The molecule has 0 aromatic heterocycles. The molecule has 28 heavy (non-hydrogen) atoms. The summed E-state index contributed by atoms with van der Waals surface area (Å²) in [4.78, 5) is 23.2. The molecule has 0 aromatic rings. The Labute approximate surface area is 170 Å². The first-order valence-corrected chi connectivity index (χ1v) is 9.80. The molecule has 0 saturated carbocycles. The van der Waals surface area contributed by atoms with E-state index in [0.29, 0.717) is 0 Å². The van der Waals surface area contributed by atoms with Crippen LogP contribution < -0.4 is 0 Å². The largest absolute Gasteiger partial charge is 0.458 e. The zero-order valence-electron chi connectivity index (χ0n) is 18.3. The summed E-state index contributed by atoms with van der Waals surface area (Å²) in [6.07, 6.45) is 14.1. The molecular formula is C24H36O4. The summed E-state index contributed by atoms with van der Waals surface area (Å²) in [5.74, 6) is -1.11. The molecule has 0 fully saturated rings. The molecule has 4 nitrogen and oxygen atoms in total. The zero-order valence-corrected chi connectivity index (χ0v) is 18.3. The van der Waals surface area contributed by atoms with E-state index < -0.39 is 11.9 Å². The molecule has 0 aliphatic carbocycles. The van der Waals surface area contributed by atoms with Gasteiger partial charge in [-0.15, -0.1) is 0 Å². The van der Waals surface area contributed by atoms with Crippen LogP contribution in [0.15, 0.2) is 58.7 Å². The highest BCUT2D eigenvalue weighted by Gasteiger charge is 2.00. The molecule has 0 N–H and O–H groups in total. The molecule has 0 radical (unpaired) electrons. The summed E-state index contributed by atoms with van der Waals surface area (Å²) < 4.78 is 10.1. The van der Waals surface area contributed by atoms with E-state index in [1.165, 1.54) is 22.3 Å². The van der Waals surface area contributed by atoms with E-state index in [1.807, 2.05) is 26.0 Å². The lowest BCUT2D eigenvalue weighted by atomic mass is 10.1. The number of ether oxygens (including phenoxy) is 2. The van der Waals surface area contributed by atoms with Crippen LogP contribution in [0.2, 0.25) is 0 Å². The molecule has 156 valence electrons. The summed E-state index contributed by atoms with van der Waals surface area (Å²) in [7, 11) is 0. The van der Waals surface area contributed by atoms with Gasteiger partial charge in [0, 0.05) is 12.2 Å². The fourth-order valence-electron chi connectivity index (χ4n) is 2.15. The van der Waals surface area contributed by atoms with E-state index in [9.17, 15) is 9.59 Å². The van der Waals surface area contributed by atoms with Crippen LogP contribution in [-0.2, 0) is 19.1 Å². The van der Waals surface area contributed by atoms with Crippen molar-refractivity contribution in [3.8, 4) is 0 Å². The first kappa shape index (κ1) is 25.6. The second-order valence-electron chi connectivity index (χ2n) is 7.33. The number of rotatable bonds is 12. The van der Waals surface area contributed by atoms with Gasteiger partial charge in [-0.3, -0.25) is 0 Å². The predicted molar refractivity (Wildman–Crippen MR) is 116 cm³/mol. The van der Waals surface area contributed by atoms with E-state index in [0.717, 1.165) is 37.8 Å². The number of hydrogen-bond acceptors (Lipinski definition) is 4. The number of esters is 2. The van der Waals surface area contributed by atoms with Crippen molar-refractivity contribution in [2.45, 2.75) is 67.2 Å². The van der Waals surface area contributed by atoms with Gasteiger partial charge in [-0.2, -0.15) is 0 Å². The van der Waals surface area contributed by atoms with Gasteiger partial charge in [0.15, 0.2) is 0 Å². The van der Waals surface area contributed by atoms with E-state index in [2.05, 4.69) is 39.8 Å². The van der Waals surface area contributed by atoms with E-state index in [1.54, 1.807) is 0 Å². The topological polar surface area (TPSA) is 52.6 Å². The molecule has 0 atom stereocenters. The maximum Gasteiger partial charge on any atom is 0.331 e. The lowest BCUT2D eigenvalue weighted by Gasteiger charge is -2.02. The number of carbonyl (C=O) groups is 2. The number of hydrogen-bond donors (Lipinski definition) is 0. The van der Waals surface area contributed by atoms with Crippen molar-refractivity contribution in [3.63, 3.8) is 0 Å². The van der Waals surface area contributed by atoms with Crippen molar-refractivity contribution in [1.82, 2.24) is 0 Å². The molecule has 0 saturated heterocycles. The second-order valence-corrected chi connectivity index (χ2v) is 7.33. The third-order valence-corrected chi connectivity index (χ3v) is 3.85. The van der Waals surface area contributed by atoms with Gasteiger partial charge in [0.25, 0.3) is 0 Å². The van der Waals surface area contributed by atoms with Crippen LogP contribution in [0.4, 0.5) is 0 Å². The monoisotopic (exact) mass is 388 g/mol. The van der Waals surface area contributed by atoms with Crippen molar-refractivity contribution in [1.29, 1.82) is 0 Å². The Morgan fingerprint density at radius 3 is 1.29 bits per heavy atom. The molecule has 0 unspecified atom stereocenters. The quantitative estimate of drug-likeness (QED) is 0.233. The summed E-state index contributed by atoms with van der Waals surface area (Å²) in [6, 6.07) is 0. The number of allylic oxidation sites excluding steroid dienone is 6. The first-order chi connectivity index (χ1) is 13.2. The third kappa shape index (κ3) is 17.1. The molecule has 0 aliphatic rings. The third-order valence-electron chi connectivity index (χ3n) is 3.85. The molecule has 0 bridgehead atoms. The maximum absolute atomic E-state index is 11.6. The zero-order chi connectivity index (χ0) is 21.4. The second kappa shape index (κ2) is 15.7. The fraction of sp³-hybridized carbons (Fsp3) is 0.500. The Bertz CT molecular complexity index is 582. The number of carbonyl (C=O) groups excluding carboxylic acids is 2. The van der Waals surface area contributed by atoms with Crippen LogP contribution in [0, 0.1) is 0 Å². The average Bonchev–Trinajstić information content (AvgIpc) is 2.59. The van der Waals surface area contributed by atoms with Crippen molar-refractivity contribution >= 4 is 11.9 Å². The summed E-state index contributed by atoms with van der Waals surface area (Å²) in [6.45, 7) is 12.7.